The van der Waals surface area contributed by atoms with E-state index in [1.165, 1.54) is 42.9 Å². The van der Waals surface area contributed by atoms with Gasteiger partial charge in [0.1, 0.15) is 0 Å². The summed E-state index contributed by atoms with van der Waals surface area (Å²) in [5.74, 6) is -1.70. The first-order valence-corrected chi connectivity index (χ1v) is 12.1. The fourth-order valence-electron chi connectivity index (χ4n) is 5.28. The Labute approximate surface area is 193 Å². The van der Waals surface area contributed by atoms with Gasteiger partial charge >= 0.3 is 0 Å². The van der Waals surface area contributed by atoms with E-state index < -0.39 is 11.6 Å². The molecule has 33 heavy (non-hydrogen) atoms. The number of likely N-dealkylation sites (tertiary alicyclic amines) is 1. The Balaban J connectivity index is 1.41. The van der Waals surface area contributed by atoms with Crippen LogP contribution >= 0.6 is 0 Å². The monoisotopic (exact) mass is 451 g/mol. The zero-order valence-corrected chi connectivity index (χ0v) is 19.0. The van der Waals surface area contributed by atoms with E-state index in [-0.39, 0.29) is 5.56 Å². The zero-order valence-electron chi connectivity index (χ0n) is 19.0. The number of hydrogen-bond acceptors (Lipinski definition) is 3. The Hall–Kier alpha value is -2.57. The number of fused-ring (bicyclic) bond motifs is 2. The van der Waals surface area contributed by atoms with Crippen LogP contribution in [0.3, 0.4) is 0 Å². The molecule has 5 rings (SSSR count). The molecule has 0 amide bonds. The minimum Gasteiger partial charge on any atom is -0.308 e. The maximum Gasteiger partial charge on any atom is 0.255 e. The van der Waals surface area contributed by atoms with Gasteiger partial charge in [0.2, 0.25) is 0 Å². The summed E-state index contributed by atoms with van der Waals surface area (Å²) in [5.41, 5.74) is 5.19. The molecule has 0 atom stereocenters. The van der Waals surface area contributed by atoms with Gasteiger partial charge in [-0.05, 0) is 97.6 Å². The van der Waals surface area contributed by atoms with Crippen molar-refractivity contribution in [1.82, 2.24) is 14.8 Å². The summed E-state index contributed by atoms with van der Waals surface area (Å²) >= 11 is 0. The molecule has 0 radical (unpaired) electrons. The van der Waals surface area contributed by atoms with E-state index >= 15 is 0 Å². The Morgan fingerprint density at radius 1 is 0.818 bits per heavy atom. The summed E-state index contributed by atoms with van der Waals surface area (Å²) in [5, 5.41) is 4.35. The van der Waals surface area contributed by atoms with Gasteiger partial charge in [-0.3, -0.25) is 4.79 Å². The molecule has 1 aromatic heterocycles. The van der Waals surface area contributed by atoms with Gasteiger partial charge in [-0.25, -0.2) is 8.78 Å². The normalized spacial score (nSPS) is 16.4. The highest BCUT2D eigenvalue weighted by Gasteiger charge is 2.17. The number of nitrogens with one attached hydrogen (secondary N) is 1. The predicted molar refractivity (Wildman–Crippen MR) is 127 cm³/mol. The van der Waals surface area contributed by atoms with Crippen LogP contribution in [0.15, 0.2) is 41.2 Å². The van der Waals surface area contributed by atoms with E-state index in [2.05, 4.69) is 22.3 Å². The van der Waals surface area contributed by atoms with Crippen LogP contribution in [0.2, 0.25) is 0 Å². The van der Waals surface area contributed by atoms with Crippen molar-refractivity contribution >= 4 is 10.9 Å². The average Bonchev–Trinajstić information content (AvgIpc) is 3.28. The third-order valence-corrected chi connectivity index (χ3v) is 7.10. The standard InChI is InChI=1S/C27H31F2N3O/c28-24-8-7-19(13-25(24)29)17-30-18-23-15-22-14-20-5-4-6-21(20)16-26(22)32(27(23)33)12-11-31-9-2-1-3-10-31/h7-8,13-16,30H,1-6,9-12,17-18H2. The highest BCUT2D eigenvalue weighted by Crippen LogP contribution is 2.27. The van der Waals surface area contributed by atoms with Crippen LogP contribution in [-0.4, -0.2) is 29.1 Å². The van der Waals surface area contributed by atoms with Gasteiger partial charge in [0.15, 0.2) is 11.6 Å². The van der Waals surface area contributed by atoms with Gasteiger partial charge in [0.05, 0.1) is 5.52 Å². The number of aryl methyl sites for hydroxylation is 2. The second-order valence-electron chi connectivity index (χ2n) is 9.41. The lowest BCUT2D eigenvalue weighted by Crippen LogP contribution is -2.36. The highest BCUT2D eigenvalue weighted by molar-refractivity contribution is 5.82. The molecule has 4 nitrogen and oxygen atoms in total. The first kappa shape index (κ1) is 22.2. The van der Waals surface area contributed by atoms with Gasteiger partial charge in [-0.15, -0.1) is 0 Å². The Morgan fingerprint density at radius 2 is 1.61 bits per heavy atom. The van der Waals surface area contributed by atoms with E-state index in [1.807, 2.05) is 10.6 Å². The number of aromatic nitrogens is 1. The van der Waals surface area contributed by atoms with Gasteiger partial charge in [0.25, 0.3) is 5.56 Å². The van der Waals surface area contributed by atoms with E-state index in [0.29, 0.717) is 30.8 Å². The maximum atomic E-state index is 13.5. The largest absolute Gasteiger partial charge is 0.308 e. The molecular formula is C27H31F2N3O. The summed E-state index contributed by atoms with van der Waals surface area (Å²) in [6.45, 7) is 4.54. The van der Waals surface area contributed by atoms with Crippen molar-refractivity contribution in [1.29, 1.82) is 0 Å². The number of rotatable bonds is 7. The van der Waals surface area contributed by atoms with Crippen molar-refractivity contribution in [3.05, 3.63) is 80.6 Å². The summed E-state index contributed by atoms with van der Waals surface area (Å²) in [6.07, 6.45) is 7.12. The van der Waals surface area contributed by atoms with Crippen LogP contribution in [0.25, 0.3) is 10.9 Å². The van der Waals surface area contributed by atoms with Gasteiger partial charge in [-0.1, -0.05) is 12.5 Å². The molecule has 0 saturated carbocycles. The molecule has 0 spiro atoms. The van der Waals surface area contributed by atoms with Crippen LogP contribution in [0.4, 0.5) is 8.78 Å². The number of piperidine rings is 1. The van der Waals surface area contributed by atoms with E-state index in [4.69, 9.17) is 0 Å². The average molecular weight is 452 g/mol. The van der Waals surface area contributed by atoms with Crippen molar-refractivity contribution in [3.63, 3.8) is 0 Å². The molecule has 1 aliphatic heterocycles. The third-order valence-electron chi connectivity index (χ3n) is 7.10. The lowest BCUT2D eigenvalue weighted by atomic mass is 10.0. The highest BCUT2D eigenvalue weighted by atomic mass is 19.2. The quantitative estimate of drug-likeness (QED) is 0.573. The first-order chi connectivity index (χ1) is 16.1. The maximum absolute atomic E-state index is 13.5. The minimum atomic E-state index is -0.853. The molecule has 174 valence electrons. The van der Waals surface area contributed by atoms with E-state index in [9.17, 15) is 13.6 Å². The van der Waals surface area contributed by atoms with Gasteiger partial charge in [0, 0.05) is 31.7 Å². The molecule has 3 aromatic rings. The van der Waals surface area contributed by atoms with Gasteiger partial charge in [-0.2, -0.15) is 0 Å². The number of benzene rings is 2. The molecule has 6 heteroatoms. The van der Waals surface area contributed by atoms with Crippen molar-refractivity contribution in [2.75, 3.05) is 19.6 Å². The molecule has 1 fully saturated rings. The molecular weight excluding hydrogens is 420 g/mol. The molecule has 1 saturated heterocycles. The van der Waals surface area contributed by atoms with E-state index in [1.54, 1.807) is 6.07 Å². The predicted octanol–water partition coefficient (Wildman–Crippen LogP) is 4.54. The van der Waals surface area contributed by atoms with Crippen molar-refractivity contribution in [2.24, 2.45) is 0 Å². The van der Waals surface area contributed by atoms with Crippen LogP contribution in [0, 0.1) is 11.6 Å². The topological polar surface area (TPSA) is 37.3 Å². The number of halogens is 2. The second-order valence-corrected chi connectivity index (χ2v) is 9.41. The fourth-order valence-corrected chi connectivity index (χ4v) is 5.28. The summed E-state index contributed by atoms with van der Waals surface area (Å²) in [4.78, 5) is 16.0. The molecule has 1 aliphatic carbocycles. The smallest absolute Gasteiger partial charge is 0.255 e. The Kier molecular flexibility index (Phi) is 6.56. The molecule has 0 unspecified atom stereocenters. The van der Waals surface area contributed by atoms with Crippen LogP contribution in [0.5, 0.6) is 0 Å². The fraction of sp³-hybridized carbons (Fsp3) is 0.444. The molecule has 2 aromatic carbocycles. The molecule has 1 N–H and O–H groups in total. The Morgan fingerprint density at radius 3 is 2.39 bits per heavy atom. The SMILES string of the molecule is O=c1c(CNCc2ccc(F)c(F)c2)cc2cc3c(cc2n1CCN1CCCCC1)CCC3. The van der Waals surface area contributed by atoms with Crippen molar-refractivity contribution < 1.29 is 8.78 Å². The lowest BCUT2D eigenvalue weighted by Gasteiger charge is -2.27. The van der Waals surface area contributed by atoms with Gasteiger partial charge < -0.3 is 14.8 Å². The summed E-state index contributed by atoms with van der Waals surface area (Å²) in [7, 11) is 0. The minimum absolute atomic E-state index is 0.0373. The first-order valence-electron chi connectivity index (χ1n) is 12.1. The second kappa shape index (κ2) is 9.74. The van der Waals surface area contributed by atoms with Crippen LogP contribution in [-0.2, 0) is 32.5 Å². The number of nitrogens with zero attached hydrogens (tertiary/aromatic N) is 2. The molecule has 2 aliphatic rings. The van der Waals surface area contributed by atoms with Crippen molar-refractivity contribution in [2.45, 2.75) is 58.2 Å². The molecule has 2 heterocycles. The Bertz CT molecular complexity index is 1210. The number of pyridine rings is 1. The van der Waals surface area contributed by atoms with Crippen LogP contribution in [0.1, 0.15) is 47.9 Å². The van der Waals surface area contributed by atoms with Crippen molar-refractivity contribution in [3.8, 4) is 0 Å². The summed E-state index contributed by atoms with van der Waals surface area (Å²) < 4.78 is 28.7. The summed E-state index contributed by atoms with van der Waals surface area (Å²) in [6, 6.07) is 10.4. The lowest BCUT2D eigenvalue weighted by molar-refractivity contribution is 0.221. The van der Waals surface area contributed by atoms with Crippen LogP contribution < -0.4 is 10.9 Å². The third kappa shape index (κ3) is 4.87. The molecule has 0 bridgehead atoms. The number of hydrogen-bond donors (Lipinski definition) is 1. The zero-order chi connectivity index (χ0) is 22.8. The van der Waals surface area contributed by atoms with E-state index in [0.717, 1.165) is 49.4 Å².